The van der Waals surface area contributed by atoms with Crippen molar-refractivity contribution in [2.24, 2.45) is 0 Å². The minimum absolute atomic E-state index is 0.0401. The molecule has 0 N–H and O–H groups in total. The Morgan fingerprint density at radius 1 is 0.400 bits per heavy atom. The van der Waals surface area contributed by atoms with Gasteiger partial charge in [-0.05, 0) is 38.5 Å². The van der Waals surface area contributed by atoms with Gasteiger partial charge in [0.15, 0.2) is 0 Å². The third kappa shape index (κ3) is 16.2. The summed E-state index contributed by atoms with van der Waals surface area (Å²) in [7, 11) is 0. The lowest BCUT2D eigenvalue weighted by Gasteiger charge is -2.18. The van der Waals surface area contributed by atoms with Gasteiger partial charge in [-0.2, -0.15) is 0 Å². The first-order valence-corrected chi connectivity index (χ1v) is 20.2. The Hall–Kier alpha value is -3.28. The number of hydrogen-bond acceptors (Lipinski definition) is 6. The Bertz CT molecular complexity index is 1190. The topological polar surface area (TPSA) is 71.1 Å². The molecular formula is C44H66O6. The van der Waals surface area contributed by atoms with Crippen molar-refractivity contribution in [3.8, 4) is 11.5 Å². The standard InChI is InChI=1S/C44H66O6/c1-3-5-33-47-41(45)31-19-15-11-7-9-13-17-25-35-49-43-37-27-21-23-29-39(37)44(40-30-24-22-28-38(40)43)50-36-26-18-14-10-8-12-16-20-32-42(46)48-34-6-4-2/h21-24,27-30H,3-20,25-26,31-36H2,1-2H3. The monoisotopic (exact) mass is 690 g/mol. The van der Waals surface area contributed by atoms with E-state index in [1.807, 2.05) is 0 Å². The number of rotatable bonds is 30. The van der Waals surface area contributed by atoms with E-state index in [0.29, 0.717) is 39.3 Å². The Labute approximate surface area is 303 Å². The van der Waals surface area contributed by atoms with Crippen molar-refractivity contribution in [2.75, 3.05) is 26.4 Å². The largest absolute Gasteiger partial charge is 0.492 e. The molecule has 0 atom stereocenters. The maximum absolute atomic E-state index is 11.7. The number of fused-ring (bicyclic) bond motifs is 2. The van der Waals surface area contributed by atoms with E-state index >= 15 is 0 Å². The van der Waals surface area contributed by atoms with Crippen LogP contribution < -0.4 is 9.47 Å². The zero-order valence-corrected chi connectivity index (χ0v) is 31.5. The molecular weight excluding hydrogens is 624 g/mol. The molecule has 0 saturated carbocycles. The molecule has 0 unspecified atom stereocenters. The van der Waals surface area contributed by atoms with E-state index in [1.165, 1.54) is 51.4 Å². The van der Waals surface area contributed by atoms with Gasteiger partial charge < -0.3 is 18.9 Å². The first-order valence-electron chi connectivity index (χ1n) is 20.2. The molecule has 0 aliphatic carbocycles. The van der Waals surface area contributed by atoms with E-state index in [1.54, 1.807) is 0 Å². The molecule has 0 saturated heterocycles. The lowest BCUT2D eigenvalue weighted by Crippen LogP contribution is -2.05. The van der Waals surface area contributed by atoms with Gasteiger partial charge in [0.05, 0.1) is 26.4 Å². The lowest BCUT2D eigenvalue weighted by molar-refractivity contribution is -0.144. The zero-order chi connectivity index (χ0) is 35.5. The van der Waals surface area contributed by atoms with Crippen LogP contribution >= 0.6 is 0 Å². The van der Waals surface area contributed by atoms with E-state index < -0.39 is 0 Å². The SMILES string of the molecule is CCCCOC(=O)CCCCCCCCCCOc1c2ccccc2c(OCCCCCCCCCCC(=O)OCCCC)c2ccccc12. The molecule has 0 amide bonds. The maximum atomic E-state index is 11.7. The van der Waals surface area contributed by atoms with Crippen molar-refractivity contribution >= 4 is 33.5 Å². The quantitative estimate of drug-likeness (QED) is 0.0394. The van der Waals surface area contributed by atoms with Crippen LogP contribution in [-0.4, -0.2) is 38.4 Å². The summed E-state index contributed by atoms with van der Waals surface area (Å²) in [6, 6.07) is 17.0. The Morgan fingerprint density at radius 2 is 0.700 bits per heavy atom. The van der Waals surface area contributed by atoms with Gasteiger partial charge in [-0.1, -0.05) is 152 Å². The van der Waals surface area contributed by atoms with Crippen molar-refractivity contribution in [2.45, 2.75) is 155 Å². The first kappa shape index (κ1) is 41.1. The smallest absolute Gasteiger partial charge is 0.305 e. The fourth-order valence-corrected chi connectivity index (χ4v) is 6.38. The number of unbranched alkanes of at least 4 members (excludes halogenated alkanes) is 16. The van der Waals surface area contributed by atoms with Crippen LogP contribution in [0.4, 0.5) is 0 Å². The molecule has 0 bridgehead atoms. The second kappa shape index (κ2) is 26.5. The van der Waals surface area contributed by atoms with Gasteiger partial charge in [-0.3, -0.25) is 9.59 Å². The average Bonchev–Trinajstić information content (AvgIpc) is 3.13. The summed E-state index contributed by atoms with van der Waals surface area (Å²) in [5.41, 5.74) is 0. The Balaban J connectivity index is 1.33. The van der Waals surface area contributed by atoms with Gasteiger partial charge in [-0.15, -0.1) is 0 Å². The number of benzene rings is 3. The molecule has 0 aromatic heterocycles. The van der Waals surface area contributed by atoms with E-state index in [9.17, 15) is 9.59 Å². The predicted octanol–water partition coefficient (Wildman–Crippen LogP) is 12.5. The number of carbonyl (C=O) groups excluding carboxylic acids is 2. The Kier molecular flexibility index (Phi) is 21.8. The second-order valence-corrected chi connectivity index (χ2v) is 13.8. The van der Waals surface area contributed by atoms with E-state index in [4.69, 9.17) is 18.9 Å². The highest BCUT2D eigenvalue weighted by molar-refractivity contribution is 6.11. The van der Waals surface area contributed by atoms with Gasteiger partial charge >= 0.3 is 11.9 Å². The zero-order valence-electron chi connectivity index (χ0n) is 31.5. The number of esters is 2. The fourth-order valence-electron chi connectivity index (χ4n) is 6.38. The highest BCUT2D eigenvalue weighted by atomic mass is 16.5. The van der Waals surface area contributed by atoms with Gasteiger partial charge in [0, 0.05) is 34.4 Å². The van der Waals surface area contributed by atoms with Gasteiger partial charge in [0.25, 0.3) is 0 Å². The van der Waals surface area contributed by atoms with Crippen LogP contribution in [0.25, 0.3) is 21.5 Å². The third-order valence-corrected chi connectivity index (χ3v) is 9.40. The molecule has 0 spiro atoms. The summed E-state index contributed by atoms with van der Waals surface area (Å²) in [6.45, 7) is 6.76. The van der Waals surface area contributed by atoms with Crippen molar-refractivity contribution < 1.29 is 28.5 Å². The minimum Gasteiger partial charge on any atom is -0.492 e. The van der Waals surface area contributed by atoms with Crippen LogP contribution in [0.1, 0.15) is 155 Å². The Morgan fingerprint density at radius 3 is 1.02 bits per heavy atom. The van der Waals surface area contributed by atoms with Crippen LogP contribution in [0.3, 0.4) is 0 Å². The molecule has 3 aromatic carbocycles. The van der Waals surface area contributed by atoms with E-state index in [2.05, 4.69) is 62.4 Å². The summed E-state index contributed by atoms with van der Waals surface area (Å²) < 4.78 is 23.5. The lowest BCUT2D eigenvalue weighted by atomic mass is 10.0. The van der Waals surface area contributed by atoms with Crippen LogP contribution in [0.5, 0.6) is 11.5 Å². The number of ether oxygens (including phenoxy) is 4. The molecule has 278 valence electrons. The highest BCUT2D eigenvalue weighted by Gasteiger charge is 2.16. The fraction of sp³-hybridized carbons (Fsp3) is 0.636. The van der Waals surface area contributed by atoms with Crippen LogP contribution in [-0.2, 0) is 19.1 Å². The molecule has 0 heterocycles. The molecule has 0 aliphatic heterocycles. The molecule has 0 fully saturated rings. The summed E-state index contributed by atoms with van der Waals surface area (Å²) in [5, 5.41) is 4.46. The van der Waals surface area contributed by atoms with Gasteiger partial charge in [-0.25, -0.2) is 0 Å². The van der Waals surface area contributed by atoms with Crippen molar-refractivity contribution in [3.63, 3.8) is 0 Å². The molecule has 0 radical (unpaired) electrons. The third-order valence-electron chi connectivity index (χ3n) is 9.40. The van der Waals surface area contributed by atoms with Crippen molar-refractivity contribution in [1.82, 2.24) is 0 Å². The average molecular weight is 691 g/mol. The summed E-state index contributed by atoms with van der Waals surface area (Å²) in [5.74, 6) is 1.85. The molecule has 6 heteroatoms. The first-order chi connectivity index (χ1) is 24.7. The molecule has 3 rings (SSSR count). The summed E-state index contributed by atoms with van der Waals surface area (Å²) >= 11 is 0. The van der Waals surface area contributed by atoms with Crippen LogP contribution in [0.15, 0.2) is 48.5 Å². The molecule has 50 heavy (non-hydrogen) atoms. The molecule has 6 nitrogen and oxygen atoms in total. The van der Waals surface area contributed by atoms with Gasteiger partial charge in [0.1, 0.15) is 11.5 Å². The van der Waals surface area contributed by atoms with Gasteiger partial charge in [0.2, 0.25) is 0 Å². The predicted molar refractivity (Wildman–Crippen MR) is 207 cm³/mol. The van der Waals surface area contributed by atoms with E-state index in [-0.39, 0.29) is 11.9 Å². The van der Waals surface area contributed by atoms with Crippen LogP contribution in [0, 0.1) is 0 Å². The second-order valence-electron chi connectivity index (χ2n) is 13.8. The van der Waals surface area contributed by atoms with Crippen molar-refractivity contribution in [3.05, 3.63) is 48.5 Å². The number of hydrogen-bond donors (Lipinski definition) is 0. The normalized spacial score (nSPS) is 11.2. The highest BCUT2D eigenvalue weighted by Crippen LogP contribution is 2.42. The molecule has 0 aliphatic rings. The number of carbonyl (C=O) groups is 2. The van der Waals surface area contributed by atoms with E-state index in [0.717, 1.165) is 110 Å². The van der Waals surface area contributed by atoms with Crippen LogP contribution in [0.2, 0.25) is 0 Å². The minimum atomic E-state index is -0.0401. The summed E-state index contributed by atoms with van der Waals surface area (Å²) in [6.07, 6.45) is 23.4. The maximum Gasteiger partial charge on any atom is 0.305 e. The molecule has 3 aromatic rings. The summed E-state index contributed by atoms with van der Waals surface area (Å²) in [4.78, 5) is 23.4. The van der Waals surface area contributed by atoms with Crippen molar-refractivity contribution in [1.29, 1.82) is 0 Å².